The van der Waals surface area contributed by atoms with Gasteiger partial charge >= 0.3 is 5.69 Å². The van der Waals surface area contributed by atoms with E-state index in [0.717, 1.165) is 34.8 Å². The fourth-order valence-corrected chi connectivity index (χ4v) is 2.38. The second-order valence-corrected chi connectivity index (χ2v) is 5.01. The Kier molecular flexibility index (Phi) is 3.87. The zero-order chi connectivity index (χ0) is 14.0. The van der Waals surface area contributed by atoms with Crippen LogP contribution in [0.1, 0.15) is 37.7 Å². The van der Waals surface area contributed by atoms with E-state index in [4.69, 9.17) is 0 Å². The van der Waals surface area contributed by atoms with Gasteiger partial charge in [0.25, 0.3) is 5.56 Å². The van der Waals surface area contributed by atoms with Gasteiger partial charge in [-0.25, -0.2) is 4.79 Å². The monoisotopic (exact) mass is 265 g/mol. The van der Waals surface area contributed by atoms with Gasteiger partial charge in [0.2, 0.25) is 5.88 Å². The highest BCUT2D eigenvalue weighted by Gasteiger charge is 2.15. The third-order valence-corrected chi connectivity index (χ3v) is 3.66. The summed E-state index contributed by atoms with van der Waals surface area (Å²) in [5.41, 5.74) is -0.979. The first-order chi connectivity index (χ1) is 9.02. The van der Waals surface area contributed by atoms with Crippen molar-refractivity contribution in [3.8, 4) is 5.88 Å². The van der Waals surface area contributed by atoms with E-state index in [1.54, 1.807) is 0 Å². The molecule has 1 heterocycles. The van der Waals surface area contributed by atoms with E-state index in [1.165, 1.54) is 26.7 Å². The second-order valence-electron chi connectivity index (χ2n) is 5.01. The van der Waals surface area contributed by atoms with Crippen molar-refractivity contribution >= 4 is 6.21 Å². The quantitative estimate of drug-likeness (QED) is 0.793. The van der Waals surface area contributed by atoms with E-state index < -0.39 is 11.2 Å². The van der Waals surface area contributed by atoms with Crippen LogP contribution in [0.25, 0.3) is 0 Å². The van der Waals surface area contributed by atoms with Gasteiger partial charge in [-0.2, -0.15) is 0 Å². The first kappa shape index (κ1) is 13.6. The summed E-state index contributed by atoms with van der Waals surface area (Å²) in [7, 11) is 2.82. The number of aromatic hydroxyl groups is 1. The summed E-state index contributed by atoms with van der Waals surface area (Å²) in [6, 6.07) is 0.218. The minimum atomic E-state index is -0.544. The normalized spacial score (nSPS) is 17.2. The fourth-order valence-electron chi connectivity index (χ4n) is 2.38. The molecule has 104 valence electrons. The molecule has 1 aliphatic rings. The fraction of sp³-hybridized carbons (Fsp3) is 0.615. The van der Waals surface area contributed by atoms with E-state index in [9.17, 15) is 14.7 Å². The average Bonchev–Trinajstić information content (AvgIpc) is 2.44. The van der Waals surface area contributed by atoms with E-state index in [0.29, 0.717) is 0 Å². The minimum absolute atomic E-state index is 0.0789. The lowest BCUT2D eigenvalue weighted by molar-refractivity contribution is 0.410. The van der Waals surface area contributed by atoms with Crippen LogP contribution in [-0.2, 0) is 14.1 Å². The highest BCUT2D eigenvalue weighted by atomic mass is 16.3. The van der Waals surface area contributed by atoms with Crippen LogP contribution >= 0.6 is 0 Å². The summed E-state index contributed by atoms with van der Waals surface area (Å²) in [5.74, 6) is -0.326. The molecule has 0 spiro atoms. The van der Waals surface area contributed by atoms with Crippen LogP contribution in [0, 0.1) is 0 Å². The molecule has 0 bridgehead atoms. The summed E-state index contributed by atoms with van der Waals surface area (Å²) in [4.78, 5) is 27.9. The average molecular weight is 265 g/mol. The van der Waals surface area contributed by atoms with Gasteiger partial charge in [0.1, 0.15) is 5.56 Å². The van der Waals surface area contributed by atoms with Crippen molar-refractivity contribution < 1.29 is 5.11 Å². The molecule has 0 radical (unpaired) electrons. The number of rotatable bonds is 2. The Balaban J connectivity index is 2.37. The molecule has 6 nitrogen and oxygen atoms in total. The largest absolute Gasteiger partial charge is 0.494 e. The van der Waals surface area contributed by atoms with E-state index in [1.807, 2.05) is 0 Å². The van der Waals surface area contributed by atoms with Crippen LogP contribution < -0.4 is 11.2 Å². The van der Waals surface area contributed by atoms with Crippen molar-refractivity contribution in [3.63, 3.8) is 0 Å². The molecular formula is C13H19N3O3. The molecule has 1 saturated carbocycles. The predicted molar refractivity (Wildman–Crippen MR) is 73.1 cm³/mol. The molecule has 1 N–H and O–H groups in total. The molecule has 0 aliphatic heterocycles. The molecule has 0 unspecified atom stereocenters. The summed E-state index contributed by atoms with van der Waals surface area (Å²) < 4.78 is 2.02. The van der Waals surface area contributed by atoms with Gasteiger partial charge in [-0.1, -0.05) is 19.3 Å². The maximum absolute atomic E-state index is 11.9. The van der Waals surface area contributed by atoms with Crippen LogP contribution in [0.3, 0.4) is 0 Å². The second kappa shape index (κ2) is 5.42. The Morgan fingerprint density at radius 3 is 2.42 bits per heavy atom. The molecule has 2 rings (SSSR count). The van der Waals surface area contributed by atoms with E-state index in [-0.39, 0.29) is 17.5 Å². The zero-order valence-electron chi connectivity index (χ0n) is 11.3. The van der Waals surface area contributed by atoms with Crippen molar-refractivity contribution in [2.24, 2.45) is 19.1 Å². The van der Waals surface area contributed by atoms with Crippen LogP contribution in [0.5, 0.6) is 5.88 Å². The molecule has 0 saturated heterocycles. The third kappa shape index (κ3) is 2.62. The summed E-state index contributed by atoms with van der Waals surface area (Å²) in [6.45, 7) is 0. The maximum Gasteiger partial charge on any atom is 0.333 e. The van der Waals surface area contributed by atoms with Gasteiger partial charge in [-0.3, -0.25) is 18.9 Å². The van der Waals surface area contributed by atoms with Gasteiger partial charge in [0.15, 0.2) is 0 Å². The van der Waals surface area contributed by atoms with Crippen molar-refractivity contribution in [2.75, 3.05) is 0 Å². The number of hydrogen-bond donors (Lipinski definition) is 1. The first-order valence-electron chi connectivity index (χ1n) is 6.54. The Morgan fingerprint density at radius 2 is 1.79 bits per heavy atom. The van der Waals surface area contributed by atoms with Crippen LogP contribution in [0.2, 0.25) is 0 Å². The number of nitrogens with zero attached hydrogens (tertiary/aromatic N) is 3. The standard InChI is InChI=1S/C13H19N3O3/c1-15-11(17)10(12(18)16(2)13(15)19)8-14-9-6-4-3-5-7-9/h8-9,17H,3-7H2,1-2H3. The van der Waals surface area contributed by atoms with Crippen molar-refractivity contribution in [3.05, 3.63) is 26.4 Å². The molecule has 1 fully saturated rings. The van der Waals surface area contributed by atoms with Gasteiger partial charge in [0.05, 0.1) is 0 Å². The lowest BCUT2D eigenvalue weighted by atomic mass is 9.96. The molecule has 1 aromatic rings. The molecule has 0 amide bonds. The lowest BCUT2D eigenvalue weighted by Crippen LogP contribution is -2.38. The summed E-state index contributed by atoms with van der Waals surface area (Å²) in [5, 5.41) is 9.87. The Bertz CT molecular complexity index is 607. The molecular weight excluding hydrogens is 246 g/mol. The summed E-state index contributed by atoms with van der Waals surface area (Å²) in [6.07, 6.45) is 6.98. The minimum Gasteiger partial charge on any atom is -0.494 e. The number of hydrogen-bond acceptors (Lipinski definition) is 4. The summed E-state index contributed by atoms with van der Waals surface area (Å²) >= 11 is 0. The molecule has 0 aromatic carbocycles. The van der Waals surface area contributed by atoms with Crippen LogP contribution in [-0.4, -0.2) is 26.5 Å². The smallest absolute Gasteiger partial charge is 0.333 e. The Labute approximate surface area is 111 Å². The first-order valence-corrected chi connectivity index (χ1v) is 6.54. The molecule has 6 heteroatoms. The SMILES string of the molecule is Cn1c(O)c(C=NC2CCCCC2)c(=O)n(C)c1=O. The maximum atomic E-state index is 11.9. The highest BCUT2D eigenvalue weighted by Crippen LogP contribution is 2.20. The topological polar surface area (TPSA) is 76.6 Å². The van der Waals surface area contributed by atoms with Gasteiger partial charge in [0, 0.05) is 26.4 Å². The van der Waals surface area contributed by atoms with Gasteiger partial charge in [-0.05, 0) is 12.8 Å². The van der Waals surface area contributed by atoms with Crippen molar-refractivity contribution in [1.82, 2.24) is 9.13 Å². The Hall–Kier alpha value is -1.85. The predicted octanol–water partition coefficient (Wildman–Crippen LogP) is 0.541. The highest BCUT2D eigenvalue weighted by molar-refractivity contribution is 5.82. The number of aliphatic imine (C=N–C) groups is 1. The molecule has 0 atom stereocenters. The van der Waals surface area contributed by atoms with Crippen molar-refractivity contribution in [1.29, 1.82) is 0 Å². The molecule has 1 aliphatic carbocycles. The van der Waals surface area contributed by atoms with Gasteiger partial charge < -0.3 is 5.11 Å². The number of aromatic nitrogens is 2. The van der Waals surface area contributed by atoms with Crippen LogP contribution in [0.4, 0.5) is 0 Å². The zero-order valence-corrected chi connectivity index (χ0v) is 11.3. The van der Waals surface area contributed by atoms with E-state index >= 15 is 0 Å². The van der Waals surface area contributed by atoms with E-state index in [2.05, 4.69) is 4.99 Å². The van der Waals surface area contributed by atoms with Crippen LogP contribution in [0.15, 0.2) is 14.6 Å². The van der Waals surface area contributed by atoms with Gasteiger partial charge in [-0.15, -0.1) is 0 Å². The lowest BCUT2D eigenvalue weighted by Gasteiger charge is -2.17. The Morgan fingerprint density at radius 1 is 1.16 bits per heavy atom. The molecule has 1 aromatic heterocycles. The molecule has 19 heavy (non-hydrogen) atoms. The van der Waals surface area contributed by atoms with Crippen molar-refractivity contribution in [2.45, 2.75) is 38.1 Å². The third-order valence-electron chi connectivity index (χ3n) is 3.66.